The number of fused-ring (bicyclic) bond motifs is 4. The summed E-state index contributed by atoms with van der Waals surface area (Å²) in [6, 6.07) is 12.6. The lowest BCUT2D eigenvalue weighted by Crippen LogP contribution is -2.58. The molecule has 156 valence electrons. The van der Waals surface area contributed by atoms with Crippen molar-refractivity contribution in [3.8, 4) is 0 Å². The Bertz CT molecular complexity index is 945. The predicted molar refractivity (Wildman–Crippen MR) is 117 cm³/mol. The molecule has 1 aromatic carbocycles. The van der Waals surface area contributed by atoms with E-state index in [-0.39, 0.29) is 0 Å². The van der Waals surface area contributed by atoms with E-state index in [1.165, 1.54) is 35.4 Å². The van der Waals surface area contributed by atoms with Gasteiger partial charge in [-0.1, -0.05) is 30.3 Å². The summed E-state index contributed by atoms with van der Waals surface area (Å²) >= 11 is 1.28. The largest absolute Gasteiger partial charge is 0.299 e. The molecule has 3 saturated heterocycles. The fraction of sp³-hybridized carbons (Fsp3) is 0.545. The van der Waals surface area contributed by atoms with E-state index in [9.17, 15) is 8.42 Å². The Morgan fingerprint density at radius 3 is 2.72 bits per heavy atom. The zero-order valence-corrected chi connectivity index (χ0v) is 18.3. The van der Waals surface area contributed by atoms with Crippen molar-refractivity contribution >= 4 is 21.4 Å². The number of hydrogen-bond donors (Lipinski definition) is 1. The van der Waals surface area contributed by atoms with Crippen molar-refractivity contribution in [1.29, 1.82) is 0 Å². The van der Waals surface area contributed by atoms with Gasteiger partial charge >= 0.3 is 0 Å². The van der Waals surface area contributed by atoms with Gasteiger partial charge in [0.05, 0.1) is 0 Å². The summed E-state index contributed by atoms with van der Waals surface area (Å²) in [4.78, 5) is 5.16. The first-order valence-corrected chi connectivity index (χ1v) is 13.0. The topological polar surface area (TPSA) is 52.7 Å². The Morgan fingerprint density at radius 1 is 1.10 bits per heavy atom. The SMILES string of the molecule is O=S(=O)(NC[C@H]1C[C@@H]2CCN1C[C@H]2CN1CCc2ccccc2C1)c1cccs1. The normalized spacial score (nSPS) is 29.7. The van der Waals surface area contributed by atoms with Crippen LogP contribution in [0.15, 0.2) is 46.0 Å². The highest BCUT2D eigenvalue weighted by Gasteiger charge is 2.41. The van der Waals surface area contributed by atoms with Crippen LogP contribution in [0.5, 0.6) is 0 Å². The molecule has 29 heavy (non-hydrogen) atoms. The lowest BCUT2D eigenvalue weighted by Gasteiger charge is -2.51. The summed E-state index contributed by atoms with van der Waals surface area (Å²) in [5.41, 5.74) is 3.00. The van der Waals surface area contributed by atoms with Crippen molar-refractivity contribution in [2.45, 2.75) is 36.1 Å². The number of rotatable bonds is 6. The molecule has 0 radical (unpaired) electrons. The maximum atomic E-state index is 12.4. The van der Waals surface area contributed by atoms with Crippen molar-refractivity contribution in [3.05, 3.63) is 52.9 Å². The summed E-state index contributed by atoms with van der Waals surface area (Å²) in [5.74, 6) is 1.42. The lowest BCUT2D eigenvalue weighted by molar-refractivity contribution is -0.0118. The monoisotopic (exact) mass is 431 g/mol. The molecular formula is C22H29N3O2S2. The fourth-order valence-electron chi connectivity index (χ4n) is 5.40. The Hall–Kier alpha value is -1.25. The maximum absolute atomic E-state index is 12.4. The third-order valence-corrected chi connectivity index (χ3v) is 9.81. The fourth-order valence-corrected chi connectivity index (χ4v) is 7.51. The molecule has 2 aromatic rings. The number of piperidine rings is 3. The van der Waals surface area contributed by atoms with Gasteiger partial charge < -0.3 is 0 Å². The first kappa shape index (κ1) is 19.7. The van der Waals surface area contributed by atoms with Crippen molar-refractivity contribution in [2.75, 3.05) is 32.7 Å². The smallest absolute Gasteiger partial charge is 0.250 e. The number of sulfonamides is 1. The second kappa shape index (κ2) is 8.12. The van der Waals surface area contributed by atoms with E-state index in [4.69, 9.17) is 0 Å². The van der Waals surface area contributed by atoms with E-state index in [1.54, 1.807) is 12.1 Å². The van der Waals surface area contributed by atoms with Crippen LogP contribution in [0.1, 0.15) is 24.0 Å². The lowest BCUT2D eigenvalue weighted by atomic mass is 9.75. The zero-order chi connectivity index (χ0) is 19.8. The summed E-state index contributed by atoms with van der Waals surface area (Å²) in [5, 5.41) is 1.81. The Morgan fingerprint density at radius 2 is 1.97 bits per heavy atom. The van der Waals surface area contributed by atoms with Gasteiger partial charge in [0.15, 0.2) is 0 Å². The van der Waals surface area contributed by atoms with Crippen LogP contribution in [0.25, 0.3) is 0 Å². The Kier molecular flexibility index (Phi) is 5.51. The van der Waals surface area contributed by atoms with E-state index >= 15 is 0 Å². The van der Waals surface area contributed by atoms with Crippen molar-refractivity contribution in [1.82, 2.24) is 14.5 Å². The van der Waals surface area contributed by atoms with Crippen LogP contribution in [0, 0.1) is 11.8 Å². The van der Waals surface area contributed by atoms with Crippen LogP contribution >= 0.6 is 11.3 Å². The van der Waals surface area contributed by atoms with Crippen LogP contribution in [-0.4, -0.2) is 57.0 Å². The molecule has 2 bridgehead atoms. The molecule has 7 heteroatoms. The van der Waals surface area contributed by atoms with Crippen molar-refractivity contribution in [3.63, 3.8) is 0 Å². The van der Waals surface area contributed by atoms with Gasteiger partial charge in [-0.25, -0.2) is 13.1 Å². The van der Waals surface area contributed by atoms with Crippen LogP contribution < -0.4 is 4.72 Å². The molecule has 0 amide bonds. The van der Waals surface area contributed by atoms with E-state index in [1.807, 2.05) is 5.38 Å². The van der Waals surface area contributed by atoms with Gasteiger partial charge in [0, 0.05) is 38.8 Å². The number of nitrogens with zero attached hydrogens (tertiary/aromatic N) is 2. The van der Waals surface area contributed by atoms with Gasteiger partial charge in [0.1, 0.15) is 4.21 Å². The van der Waals surface area contributed by atoms with Crippen molar-refractivity contribution < 1.29 is 8.42 Å². The van der Waals surface area contributed by atoms with Crippen LogP contribution in [0.3, 0.4) is 0 Å². The average Bonchev–Trinajstić information content (AvgIpc) is 3.29. The second-order valence-corrected chi connectivity index (χ2v) is 11.7. The van der Waals surface area contributed by atoms with E-state index < -0.39 is 10.0 Å². The number of benzene rings is 1. The van der Waals surface area contributed by atoms with Gasteiger partial charge in [-0.3, -0.25) is 9.80 Å². The van der Waals surface area contributed by atoms with Gasteiger partial charge in [-0.15, -0.1) is 11.3 Å². The highest BCUT2D eigenvalue weighted by atomic mass is 32.2. The molecule has 1 aromatic heterocycles. The number of thiophene rings is 1. The van der Waals surface area contributed by atoms with E-state index in [2.05, 4.69) is 38.8 Å². The third-order valence-electron chi connectivity index (χ3n) is 6.99. The van der Waals surface area contributed by atoms with Crippen molar-refractivity contribution in [2.24, 2.45) is 11.8 Å². The molecule has 0 saturated carbocycles. The average molecular weight is 432 g/mol. The Labute approximate surface area is 177 Å². The Balaban J connectivity index is 1.17. The highest BCUT2D eigenvalue weighted by molar-refractivity contribution is 7.91. The summed E-state index contributed by atoms with van der Waals surface area (Å²) in [7, 11) is -3.36. The van der Waals surface area contributed by atoms with Gasteiger partial charge in [0.2, 0.25) is 10.0 Å². The predicted octanol–water partition coefficient (Wildman–Crippen LogP) is 2.80. The van der Waals surface area contributed by atoms with E-state index in [0.717, 1.165) is 39.0 Å². The highest BCUT2D eigenvalue weighted by Crippen LogP contribution is 2.37. The first-order chi connectivity index (χ1) is 14.1. The first-order valence-electron chi connectivity index (χ1n) is 10.6. The molecule has 5 heterocycles. The van der Waals surface area contributed by atoms with Crippen LogP contribution in [-0.2, 0) is 23.0 Å². The second-order valence-electron chi connectivity index (χ2n) is 8.73. The summed E-state index contributed by atoms with van der Waals surface area (Å²) in [6.07, 6.45) is 3.52. The standard InChI is InChI=1S/C22H29N3O2S2/c26-29(27,22-6-3-11-28-22)23-13-21-12-18-8-10-25(21)16-20(18)15-24-9-7-17-4-1-2-5-19(17)14-24/h1-6,11,18,20-21,23H,7-10,12-16H2/t18-,20+,21+/m0/s1. The summed E-state index contributed by atoms with van der Waals surface area (Å²) < 4.78 is 28.2. The molecule has 4 aliphatic rings. The molecule has 5 nitrogen and oxygen atoms in total. The van der Waals surface area contributed by atoms with Gasteiger partial charge in [0.25, 0.3) is 0 Å². The molecule has 3 fully saturated rings. The molecule has 1 N–H and O–H groups in total. The molecular weight excluding hydrogens is 402 g/mol. The molecule has 1 unspecified atom stereocenters. The maximum Gasteiger partial charge on any atom is 0.250 e. The zero-order valence-electron chi connectivity index (χ0n) is 16.7. The molecule has 4 aliphatic heterocycles. The minimum Gasteiger partial charge on any atom is -0.299 e. The molecule has 0 aliphatic carbocycles. The van der Waals surface area contributed by atoms with E-state index in [0.29, 0.717) is 28.6 Å². The molecule has 0 spiro atoms. The minimum absolute atomic E-state index is 0.335. The van der Waals surface area contributed by atoms with Gasteiger partial charge in [-0.2, -0.15) is 0 Å². The molecule has 6 rings (SSSR count). The number of nitrogens with one attached hydrogen (secondary N) is 1. The van der Waals surface area contributed by atoms with Gasteiger partial charge in [-0.05, 0) is 60.2 Å². The third kappa shape index (κ3) is 4.16. The quantitative estimate of drug-likeness (QED) is 0.764. The minimum atomic E-state index is -3.36. The number of hydrogen-bond acceptors (Lipinski definition) is 5. The van der Waals surface area contributed by atoms with Crippen LogP contribution in [0.2, 0.25) is 0 Å². The molecule has 4 atom stereocenters. The van der Waals surface area contributed by atoms with Crippen LogP contribution in [0.4, 0.5) is 0 Å². The summed E-state index contributed by atoms with van der Waals surface area (Å²) in [6.45, 7) is 6.14.